The third kappa shape index (κ3) is 2.52. The van der Waals surface area contributed by atoms with Crippen LogP contribution in [0.4, 0.5) is 0 Å². The normalized spacial score (nSPS) is 25.2. The molecule has 2 fully saturated rings. The van der Waals surface area contributed by atoms with Crippen molar-refractivity contribution in [3.63, 3.8) is 0 Å². The number of aromatic nitrogens is 3. The standard InChI is InChI=1S/C15H19N3O2S/c1-6-20-15(2-7-19-8-3-15)9-13(1)18-5-4-16-14(18)12-10-17-21-11-12/h4-5,10-11,13H,1-3,6-9H2. The minimum atomic E-state index is 0.00953. The van der Waals surface area contributed by atoms with E-state index in [1.165, 1.54) is 11.5 Å². The zero-order valence-corrected chi connectivity index (χ0v) is 12.7. The van der Waals surface area contributed by atoms with Gasteiger partial charge in [-0.25, -0.2) is 9.36 Å². The van der Waals surface area contributed by atoms with Crippen LogP contribution in [0, 0.1) is 0 Å². The lowest BCUT2D eigenvalue weighted by atomic mass is 9.84. The van der Waals surface area contributed by atoms with Gasteiger partial charge in [-0.05, 0) is 37.2 Å². The third-order valence-electron chi connectivity index (χ3n) is 4.62. The van der Waals surface area contributed by atoms with Crippen LogP contribution in [-0.4, -0.2) is 39.3 Å². The molecule has 2 aliphatic heterocycles. The summed E-state index contributed by atoms with van der Waals surface area (Å²) in [6.45, 7) is 2.46. The first-order chi connectivity index (χ1) is 10.4. The van der Waals surface area contributed by atoms with Crippen LogP contribution in [0.1, 0.15) is 31.7 Å². The molecule has 6 heteroatoms. The van der Waals surface area contributed by atoms with Gasteiger partial charge in [-0.2, -0.15) is 0 Å². The summed E-state index contributed by atoms with van der Waals surface area (Å²) in [5.41, 5.74) is 1.12. The van der Waals surface area contributed by atoms with Gasteiger partial charge < -0.3 is 14.0 Å². The molecule has 0 aromatic carbocycles. The van der Waals surface area contributed by atoms with E-state index in [0.717, 1.165) is 56.9 Å². The van der Waals surface area contributed by atoms with Crippen LogP contribution >= 0.6 is 11.5 Å². The molecule has 0 radical (unpaired) electrons. The minimum absolute atomic E-state index is 0.00953. The topological polar surface area (TPSA) is 49.2 Å². The fourth-order valence-electron chi connectivity index (χ4n) is 3.48. The van der Waals surface area contributed by atoms with Gasteiger partial charge in [0.05, 0.1) is 11.8 Å². The molecule has 2 saturated heterocycles. The van der Waals surface area contributed by atoms with Crippen molar-refractivity contribution in [2.45, 2.75) is 37.3 Å². The second-order valence-corrected chi connectivity index (χ2v) is 6.52. The molecule has 1 spiro atoms. The molecule has 0 aliphatic carbocycles. The predicted molar refractivity (Wildman–Crippen MR) is 80.3 cm³/mol. The maximum Gasteiger partial charge on any atom is 0.142 e. The van der Waals surface area contributed by atoms with E-state index < -0.39 is 0 Å². The first kappa shape index (κ1) is 13.4. The highest BCUT2D eigenvalue weighted by Crippen LogP contribution is 2.40. The predicted octanol–water partition coefficient (Wildman–Crippen LogP) is 2.91. The van der Waals surface area contributed by atoms with E-state index >= 15 is 0 Å². The molecule has 4 rings (SSSR count). The second kappa shape index (κ2) is 5.51. The molecule has 0 bridgehead atoms. The number of hydrogen-bond donors (Lipinski definition) is 0. The molecule has 4 heterocycles. The van der Waals surface area contributed by atoms with Gasteiger partial charge in [0.1, 0.15) is 5.82 Å². The summed E-state index contributed by atoms with van der Waals surface area (Å²) < 4.78 is 18.1. The number of ether oxygens (including phenoxy) is 2. The summed E-state index contributed by atoms with van der Waals surface area (Å²) >= 11 is 1.47. The molecular formula is C15H19N3O2S. The molecule has 2 aromatic rings. The first-order valence-corrected chi connectivity index (χ1v) is 8.34. The largest absolute Gasteiger partial charge is 0.381 e. The van der Waals surface area contributed by atoms with Gasteiger partial charge in [-0.1, -0.05) is 0 Å². The smallest absolute Gasteiger partial charge is 0.142 e. The molecule has 2 aliphatic rings. The molecule has 112 valence electrons. The van der Waals surface area contributed by atoms with Crippen LogP contribution in [0.5, 0.6) is 0 Å². The van der Waals surface area contributed by atoms with Crippen LogP contribution in [0.15, 0.2) is 24.0 Å². The van der Waals surface area contributed by atoms with Gasteiger partial charge in [0, 0.05) is 49.2 Å². The Labute approximate surface area is 128 Å². The van der Waals surface area contributed by atoms with E-state index in [0.29, 0.717) is 6.04 Å². The molecule has 5 nitrogen and oxygen atoms in total. The van der Waals surface area contributed by atoms with E-state index in [4.69, 9.17) is 9.47 Å². The maximum absolute atomic E-state index is 6.14. The van der Waals surface area contributed by atoms with Gasteiger partial charge in [0.15, 0.2) is 0 Å². The number of nitrogens with zero attached hydrogens (tertiary/aromatic N) is 3. The lowest BCUT2D eigenvalue weighted by Crippen LogP contribution is -2.44. The molecule has 21 heavy (non-hydrogen) atoms. The summed E-state index contributed by atoms with van der Waals surface area (Å²) in [6, 6.07) is 0.453. The van der Waals surface area contributed by atoms with Gasteiger partial charge in [0.2, 0.25) is 0 Å². The maximum atomic E-state index is 6.14. The van der Waals surface area contributed by atoms with Gasteiger partial charge in [-0.15, -0.1) is 0 Å². The van der Waals surface area contributed by atoms with Crippen LogP contribution in [0.25, 0.3) is 11.4 Å². The highest BCUT2D eigenvalue weighted by Gasteiger charge is 2.39. The quantitative estimate of drug-likeness (QED) is 0.856. The molecule has 0 amide bonds. The molecule has 0 N–H and O–H groups in total. The van der Waals surface area contributed by atoms with Crippen LogP contribution < -0.4 is 0 Å². The minimum Gasteiger partial charge on any atom is -0.381 e. The highest BCUT2D eigenvalue weighted by atomic mass is 32.1. The lowest BCUT2D eigenvalue weighted by Gasteiger charge is -2.43. The fourth-order valence-corrected chi connectivity index (χ4v) is 3.99. The van der Waals surface area contributed by atoms with E-state index in [-0.39, 0.29) is 5.60 Å². The molecule has 0 saturated carbocycles. The van der Waals surface area contributed by atoms with E-state index in [1.54, 1.807) is 0 Å². The Morgan fingerprint density at radius 3 is 3.00 bits per heavy atom. The SMILES string of the molecule is c1cn(C2CCOC3(CCOCC3)C2)c(-c2cnsc2)n1. The van der Waals surface area contributed by atoms with Crippen molar-refractivity contribution >= 4 is 11.5 Å². The van der Waals surface area contributed by atoms with Crippen molar-refractivity contribution in [3.05, 3.63) is 24.0 Å². The zero-order valence-electron chi connectivity index (χ0n) is 11.9. The average Bonchev–Trinajstić information content (AvgIpc) is 3.19. The Balaban J connectivity index is 1.60. The third-order valence-corrected chi connectivity index (χ3v) is 5.21. The van der Waals surface area contributed by atoms with Gasteiger partial charge >= 0.3 is 0 Å². The Hall–Kier alpha value is -1.24. The van der Waals surface area contributed by atoms with Crippen LogP contribution in [0.3, 0.4) is 0 Å². The summed E-state index contributed by atoms with van der Waals surface area (Å²) in [4.78, 5) is 4.53. The zero-order chi connectivity index (χ0) is 14.1. The van der Waals surface area contributed by atoms with Crippen molar-refractivity contribution in [1.29, 1.82) is 0 Å². The number of rotatable bonds is 2. The van der Waals surface area contributed by atoms with Crippen molar-refractivity contribution in [3.8, 4) is 11.4 Å². The van der Waals surface area contributed by atoms with Crippen LogP contribution in [-0.2, 0) is 9.47 Å². The Kier molecular flexibility index (Phi) is 3.52. The number of hydrogen-bond acceptors (Lipinski definition) is 5. The monoisotopic (exact) mass is 305 g/mol. The summed E-state index contributed by atoms with van der Waals surface area (Å²) in [7, 11) is 0. The summed E-state index contributed by atoms with van der Waals surface area (Å²) in [6.07, 6.45) is 9.99. The molecule has 1 unspecified atom stereocenters. The average molecular weight is 305 g/mol. The van der Waals surface area contributed by atoms with Gasteiger partial charge in [0.25, 0.3) is 0 Å². The highest BCUT2D eigenvalue weighted by molar-refractivity contribution is 7.03. The van der Waals surface area contributed by atoms with E-state index in [1.807, 2.05) is 12.4 Å². The number of imidazole rings is 1. The second-order valence-electron chi connectivity index (χ2n) is 5.86. The lowest BCUT2D eigenvalue weighted by molar-refractivity contribution is -0.144. The van der Waals surface area contributed by atoms with E-state index in [9.17, 15) is 0 Å². The Morgan fingerprint density at radius 2 is 2.19 bits per heavy atom. The molecular weight excluding hydrogens is 286 g/mol. The van der Waals surface area contributed by atoms with Crippen molar-refractivity contribution in [2.75, 3.05) is 19.8 Å². The van der Waals surface area contributed by atoms with Crippen molar-refractivity contribution < 1.29 is 9.47 Å². The van der Waals surface area contributed by atoms with Gasteiger partial charge in [-0.3, -0.25) is 0 Å². The Bertz CT molecular complexity index is 584. The van der Waals surface area contributed by atoms with Crippen molar-refractivity contribution in [1.82, 2.24) is 13.9 Å². The Morgan fingerprint density at radius 1 is 1.29 bits per heavy atom. The van der Waals surface area contributed by atoms with Crippen LogP contribution in [0.2, 0.25) is 0 Å². The molecule has 1 atom stereocenters. The fraction of sp³-hybridized carbons (Fsp3) is 0.600. The first-order valence-electron chi connectivity index (χ1n) is 7.51. The summed E-state index contributed by atoms with van der Waals surface area (Å²) in [5, 5.41) is 2.06. The van der Waals surface area contributed by atoms with Crippen molar-refractivity contribution in [2.24, 2.45) is 0 Å². The van der Waals surface area contributed by atoms with E-state index in [2.05, 4.69) is 25.5 Å². The molecule has 2 aromatic heterocycles. The summed E-state index contributed by atoms with van der Waals surface area (Å²) in [5.74, 6) is 1.03.